The smallest absolute Gasteiger partial charge is 0.304 e. The Morgan fingerprint density at radius 1 is 1.60 bits per heavy atom. The number of hydrogen-bond acceptors (Lipinski definition) is 4. The molecule has 6 heteroatoms. The maximum atomic E-state index is 11.5. The Morgan fingerprint density at radius 2 is 2.33 bits per heavy atom. The van der Waals surface area contributed by atoms with Crippen LogP contribution in [0, 0.1) is 0 Å². The fraction of sp³-hybridized carbons (Fsp3) is 0.778. The molecule has 0 aliphatic carbocycles. The van der Waals surface area contributed by atoms with E-state index < -0.39 is 5.97 Å². The predicted octanol–water partition coefficient (Wildman–Crippen LogP) is -1.52. The molecule has 1 unspecified atom stereocenters. The SMILES string of the molecule is CNC(=O)C1CNCCN1CCC(=O)O. The van der Waals surface area contributed by atoms with Crippen molar-refractivity contribution in [3.05, 3.63) is 0 Å². The summed E-state index contributed by atoms with van der Waals surface area (Å²) in [6.45, 7) is 2.52. The Morgan fingerprint density at radius 3 is 2.93 bits per heavy atom. The monoisotopic (exact) mass is 215 g/mol. The summed E-state index contributed by atoms with van der Waals surface area (Å²) in [5.41, 5.74) is 0. The second-order valence-corrected chi connectivity index (χ2v) is 3.51. The Hall–Kier alpha value is -1.14. The molecule has 1 fully saturated rings. The largest absolute Gasteiger partial charge is 0.481 e. The second-order valence-electron chi connectivity index (χ2n) is 3.51. The molecule has 0 aromatic rings. The van der Waals surface area contributed by atoms with Gasteiger partial charge in [-0.1, -0.05) is 0 Å². The Labute approximate surface area is 88.6 Å². The molecule has 86 valence electrons. The molecule has 1 rings (SSSR count). The van der Waals surface area contributed by atoms with Crippen LogP contribution in [0.4, 0.5) is 0 Å². The number of carboxylic acids is 1. The lowest BCUT2D eigenvalue weighted by molar-refractivity contribution is -0.138. The van der Waals surface area contributed by atoms with Crippen LogP contribution in [0.1, 0.15) is 6.42 Å². The summed E-state index contributed by atoms with van der Waals surface area (Å²) in [5.74, 6) is -0.892. The van der Waals surface area contributed by atoms with Crippen molar-refractivity contribution in [3.8, 4) is 0 Å². The molecule has 0 radical (unpaired) electrons. The predicted molar refractivity (Wildman–Crippen MR) is 54.6 cm³/mol. The van der Waals surface area contributed by atoms with Gasteiger partial charge in [0.1, 0.15) is 6.04 Å². The zero-order chi connectivity index (χ0) is 11.3. The quantitative estimate of drug-likeness (QED) is 0.530. The molecule has 1 aliphatic heterocycles. The first kappa shape index (κ1) is 11.9. The molecule has 1 atom stereocenters. The lowest BCUT2D eigenvalue weighted by atomic mass is 10.1. The molecule has 1 saturated heterocycles. The molecule has 0 bridgehead atoms. The Bertz CT molecular complexity index is 245. The highest BCUT2D eigenvalue weighted by atomic mass is 16.4. The standard InChI is InChI=1S/C9H17N3O3/c1-10-9(15)7-6-11-3-5-12(7)4-2-8(13)14/h7,11H,2-6H2,1H3,(H,10,15)(H,13,14). The van der Waals surface area contributed by atoms with E-state index in [9.17, 15) is 9.59 Å². The number of carboxylic acid groups (broad SMARTS) is 1. The Balaban J connectivity index is 2.49. The number of carbonyl (C=O) groups excluding carboxylic acids is 1. The van der Waals surface area contributed by atoms with E-state index in [1.165, 1.54) is 0 Å². The normalized spacial score (nSPS) is 22.3. The van der Waals surface area contributed by atoms with Crippen molar-refractivity contribution >= 4 is 11.9 Å². The van der Waals surface area contributed by atoms with Crippen molar-refractivity contribution in [2.45, 2.75) is 12.5 Å². The molecule has 0 aromatic carbocycles. The van der Waals surface area contributed by atoms with Crippen LogP contribution < -0.4 is 10.6 Å². The van der Waals surface area contributed by atoms with E-state index in [1.807, 2.05) is 4.90 Å². The third kappa shape index (κ3) is 3.49. The molecular weight excluding hydrogens is 198 g/mol. The van der Waals surface area contributed by atoms with Gasteiger partial charge in [0, 0.05) is 33.2 Å². The van der Waals surface area contributed by atoms with Crippen molar-refractivity contribution in [1.29, 1.82) is 0 Å². The van der Waals surface area contributed by atoms with Gasteiger partial charge in [-0.05, 0) is 0 Å². The minimum absolute atomic E-state index is 0.0624. The van der Waals surface area contributed by atoms with Crippen LogP contribution in [0.2, 0.25) is 0 Å². The van der Waals surface area contributed by atoms with Crippen molar-refractivity contribution in [2.24, 2.45) is 0 Å². The summed E-state index contributed by atoms with van der Waals surface area (Å²) in [6.07, 6.45) is 0.0769. The first-order chi connectivity index (χ1) is 7.15. The van der Waals surface area contributed by atoms with Gasteiger partial charge in [0.2, 0.25) is 5.91 Å². The molecule has 1 heterocycles. The van der Waals surface area contributed by atoms with Gasteiger partial charge in [-0.15, -0.1) is 0 Å². The molecule has 1 aliphatic rings. The molecular formula is C9H17N3O3. The molecule has 3 N–H and O–H groups in total. The zero-order valence-corrected chi connectivity index (χ0v) is 8.82. The van der Waals surface area contributed by atoms with E-state index in [-0.39, 0.29) is 18.4 Å². The number of rotatable bonds is 4. The van der Waals surface area contributed by atoms with Crippen LogP contribution >= 0.6 is 0 Å². The number of nitrogens with one attached hydrogen (secondary N) is 2. The minimum Gasteiger partial charge on any atom is -0.481 e. The molecule has 0 spiro atoms. The molecule has 6 nitrogen and oxygen atoms in total. The van der Waals surface area contributed by atoms with Crippen molar-refractivity contribution < 1.29 is 14.7 Å². The number of nitrogens with zero attached hydrogens (tertiary/aromatic N) is 1. The molecule has 0 saturated carbocycles. The van der Waals surface area contributed by atoms with Gasteiger partial charge in [-0.3, -0.25) is 14.5 Å². The van der Waals surface area contributed by atoms with E-state index in [2.05, 4.69) is 10.6 Å². The van der Waals surface area contributed by atoms with Gasteiger partial charge >= 0.3 is 5.97 Å². The maximum Gasteiger partial charge on any atom is 0.304 e. The number of carbonyl (C=O) groups is 2. The van der Waals surface area contributed by atoms with Gasteiger partial charge < -0.3 is 15.7 Å². The van der Waals surface area contributed by atoms with Gasteiger partial charge in [0.15, 0.2) is 0 Å². The summed E-state index contributed by atoms with van der Waals surface area (Å²) in [5, 5.41) is 14.3. The fourth-order valence-corrected chi connectivity index (χ4v) is 1.68. The van der Waals surface area contributed by atoms with Gasteiger partial charge in [-0.25, -0.2) is 0 Å². The fourth-order valence-electron chi connectivity index (χ4n) is 1.68. The highest BCUT2D eigenvalue weighted by molar-refractivity contribution is 5.81. The van der Waals surface area contributed by atoms with Gasteiger partial charge in [0.25, 0.3) is 0 Å². The number of likely N-dealkylation sites (N-methyl/N-ethyl adjacent to an activating group) is 1. The molecule has 15 heavy (non-hydrogen) atoms. The van der Waals surface area contributed by atoms with Crippen molar-refractivity contribution in [2.75, 3.05) is 33.2 Å². The Kier molecular flexibility index (Phi) is 4.51. The van der Waals surface area contributed by atoms with Crippen LogP contribution in [-0.4, -0.2) is 61.2 Å². The highest BCUT2D eigenvalue weighted by Gasteiger charge is 2.27. The van der Waals surface area contributed by atoms with Gasteiger partial charge in [0.05, 0.1) is 6.42 Å². The highest BCUT2D eigenvalue weighted by Crippen LogP contribution is 2.04. The summed E-state index contributed by atoms with van der Waals surface area (Å²) in [6, 6.07) is -0.247. The van der Waals surface area contributed by atoms with Crippen LogP contribution in [-0.2, 0) is 9.59 Å². The van der Waals surface area contributed by atoms with E-state index in [1.54, 1.807) is 7.05 Å². The number of amides is 1. The van der Waals surface area contributed by atoms with E-state index in [0.717, 1.165) is 6.54 Å². The number of hydrogen-bond donors (Lipinski definition) is 3. The van der Waals surface area contributed by atoms with E-state index >= 15 is 0 Å². The molecule has 0 aromatic heterocycles. The first-order valence-electron chi connectivity index (χ1n) is 5.03. The summed E-state index contributed by atoms with van der Waals surface area (Å²) < 4.78 is 0. The summed E-state index contributed by atoms with van der Waals surface area (Å²) in [4.78, 5) is 23.8. The third-order valence-electron chi connectivity index (χ3n) is 2.52. The maximum absolute atomic E-state index is 11.5. The number of aliphatic carboxylic acids is 1. The van der Waals surface area contributed by atoms with Gasteiger partial charge in [-0.2, -0.15) is 0 Å². The zero-order valence-electron chi connectivity index (χ0n) is 8.82. The summed E-state index contributed by atoms with van der Waals surface area (Å²) >= 11 is 0. The van der Waals surface area contributed by atoms with Crippen LogP contribution in [0.3, 0.4) is 0 Å². The van der Waals surface area contributed by atoms with Crippen molar-refractivity contribution in [3.63, 3.8) is 0 Å². The first-order valence-corrected chi connectivity index (χ1v) is 5.03. The molecule has 1 amide bonds. The minimum atomic E-state index is -0.829. The van der Waals surface area contributed by atoms with E-state index in [4.69, 9.17) is 5.11 Å². The number of piperazine rings is 1. The van der Waals surface area contributed by atoms with Crippen LogP contribution in [0.25, 0.3) is 0 Å². The average Bonchev–Trinajstić information content (AvgIpc) is 2.25. The van der Waals surface area contributed by atoms with Crippen molar-refractivity contribution in [1.82, 2.24) is 15.5 Å². The van der Waals surface area contributed by atoms with Crippen LogP contribution in [0.15, 0.2) is 0 Å². The average molecular weight is 215 g/mol. The second kappa shape index (κ2) is 5.67. The van der Waals surface area contributed by atoms with Crippen LogP contribution in [0.5, 0.6) is 0 Å². The lowest BCUT2D eigenvalue weighted by Gasteiger charge is -2.34. The topological polar surface area (TPSA) is 81.7 Å². The third-order valence-corrected chi connectivity index (χ3v) is 2.52. The lowest BCUT2D eigenvalue weighted by Crippen LogP contribution is -2.57. The van der Waals surface area contributed by atoms with E-state index in [0.29, 0.717) is 19.6 Å². The summed E-state index contributed by atoms with van der Waals surface area (Å²) in [7, 11) is 1.59.